The van der Waals surface area contributed by atoms with Crippen LogP contribution in [-0.2, 0) is 4.79 Å². The highest BCUT2D eigenvalue weighted by molar-refractivity contribution is 7.20. The number of amides is 1. The number of imidazole rings is 1. The van der Waals surface area contributed by atoms with Crippen LogP contribution in [0.4, 0.5) is 5.13 Å². The Labute approximate surface area is 108 Å². The van der Waals surface area contributed by atoms with Gasteiger partial charge in [0.05, 0.1) is 17.8 Å². The predicted octanol–water partition coefficient (Wildman–Crippen LogP) is 0.801. The van der Waals surface area contributed by atoms with Gasteiger partial charge in [-0.15, -0.1) is 5.10 Å². The number of nitrogens with zero attached hydrogens (tertiary/aromatic N) is 4. The van der Waals surface area contributed by atoms with Gasteiger partial charge in [-0.05, 0) is 19.8 Å². The number of carbonyl (C=O) groups is 1. The van der Waals surface area contributed by atoms with Gasteiger partial charge in [0, 0.05) is 13.1 Å². The molecule has 2 aromatic rings. The van der Waals surface area contributed by atoms with Crippen molar-refractivity contribution < 1.29 is 4.79 Å². The summed E-state index contributed by atoms with van der Waals surface area (Å²) >= 11 is 1.55. The molecule has 3 rings (SSSR count). The quantitative estimate of drug-likeness (QED) is 0.871. The Hall–Kier alpha value is -1.63. The van der Waals surface area contributed by atoms with Crippen molar-refractivity contribution in [2.24, 2.45) is 11.7 Å². The predicted molar refractivity (Wildman–Crippen MR) is 69.7 cm³/mol. The molecule has 1 aliphatic rings. The zero-order valence-electron chi connectivity index (χ0n) is 10.2. The number of hydrogen-bond donors (Lipinski definition) is 1. The second-order valence-corrected chi connectivity index (χ2v) is 5.62. The summed E-state index contributed by atoms with van der Waals surface area (Å²) in [5, 5.41) is 5.42. The third-order valence-corrected chi connectivity index (χ3v) is 4.23. The fourth-order valence-electron chi connectivity index (χ4n) is 2.31. The van der Waals surface area contributed by atoms with Crippen LogP contribution in [0.3, 0.4) is 0 Å². The lowest BCUT2D eigenvalue weighted by Gasteiger charge is -2.30. The maximum atomic E-state index is 11.3. The lowest BCUT2D eigenvalue weighted by molar-refractivity contribution is -0.122. The number of aromatic nitrogens is 3. The number of carbonyl (C=O) groups excluding carboxylic acids is 1. The van der Waals surface area contributed by atoms with Crippen LogP contribution in [-0.4, -0.2) is 33.6 Å². The summed E-state index contributed by atoms with van der Waals surface area (Å²) < 4.78 is 1.79. The minimum Gasteiger partial charge on any atom is -0.369 e. The molecule has 6 nitrogen and oxygen atoms in total. The molecular weight excluding hydrogens is 250 g/mol. The van der Waals surface area contributed by atoms with Gasteiger partial charge in [0.25, 0.3) is 0 Å². The molecule has 0 unspecified atom stereocenters. The monoisotopic (exact) mass is 265 g/mol. The topological polar surface area (TPSA) is 76.5 Å². The minimum absolute atomic E-state index is 0.0586. The Morgan fingerprint density at radius 1 is 1.61 bits per heavy atom. The SMILES string of the molecule is Cc1cn2nc(N3CCC[C@H](C(N)=O)C3)sc2n1. The standard InChI is InChI=1S/C11H15N5OS/c1-7-5-16-10(13-7)18-11(14-16)15-4-2-3-8(6-15)9(12)17/h5,8H,2-4,6H2,1H3,(H2,12,17)/t8-/m0/s1. The zero-order chi connectivity index (χ0) is 12.7. The van der Waals surface area contributed by atoms with Crippen LogP contribution in [0, 0.1) is 12.8 Å². The fraction of sp³-hybridized carbons (Fsp3) is 0.545. The van der Waals surface area contributed by atoms with Gasteiger partial charge in [0.15, 0.2) is 0 Å². The summed E-state index contributed by atoms with van der Waals surface area (Å²) in [7, 11) is 0. The Morgan fingerprint density at radius 3 is 3.17 bits per heavy atom. The molecule has 1 fully saturated rings. The molecule has 0 bridgehead atoms. The first-order valence-electron chi connectivity index (χ1n) is 6.00. The smallest absolute Gasteiger partial charge is 0.222 e. The van der Waals surface area contributed by atoms with Crippen LogP contribution in [0.1, 0.15) is 18.5 Å². The first-order valence-corrected chi connectivity index (χ1v) is 6.82. The summed E-state index contributed by atoms with van der Waals surface area (Å²) in [6, 6.07) is 0. The van der Waals surface area contributed by atoms with E-state index in [9.17, 15) is 4.79 Å². The van der Waals surface area contributed by atoms with Gasteiger partial charge in [-0.3, -0.25) is 4.79 Å². The number of aryl methyl sites for hydroxylation is 1. The minimum atomic E-state index is -0.211. The summed E-state index contributed by atoms with van der Waals surface area (Å²) in [6.07, 6.45) is 3.77. The Kier molecular flexibility index (Phi) is 2.70. The number of primary amides is 1. The van der Waals surface area contributed by atoms with E-state index < -0.39 is 0 Å². The van der Waals surface area contributed by atoms with Gasteiger partial charge in [-0.25, -0.2) is 9.50 Å². The summed E-state index contributed by atoms with van der Waals surface area (Å²) in [6.45, 7) is 3.55. The molecule has 1 saturated heterocycles. The van der Waals surface area contributed by atoms with Gasteiger partial charge < -0.3 is 10.6 Å². The summed E-state index contributed by atoms with van der Waals surface area (Å²) in [5.74, 6) is -0.270. The first kappa shape index (κ1) is 11.5. The van der Waals surface area contributed by atoms with E-state index in [2.05, 4.69) is 15.0 Å². The Balaban J connectivity index is 1.84. The molecule has 3 heterocycles. The van der Waals surface area contributed by atoms with Crippen LogP contribution in [0.2, 0.25) is 0 Å². The van der Waals surface area contributed by atoms with Crippen LogP contribution in [0.25, 0.3) is 4.96 Å². The molecule has 1 amide bonds. The number of rotatable bonds is 2. The van der Waals surface area contributed by atoms with E-state index in [-0.39, 0.29) is 11.8 Å². The molecular formula is C11H15N5OS. The van der Waals surface area contributed by atoms with Gasteiger partial charge in [-0.2, -0.15) is 0 Å². The molecule has 0 aromatic carbocycles. The van der Waals surface area contributed by atoms with Gasteiger partial charge >= 0.3 is 0 Å². The maximum Gasteiger partial charge on any atom is 0.222 e. The van der Waals surface area contributed by atoms with Crippen LogP contribution < -0.4 is 10.6 Å². The molecule has 96 valence electrons. The zero-order valence-corrected chi connectivity index (χ0v) is 11.0. The van der Waals surface area contributed by atoms with Crippen molar-refractivity contribution in [2.75, 3.05) is 18.0 Å². The maximum absolute atomic E-state index is 11.3. The van der Waals surface area contributed by atoms with Crippen molar-refractivity contribution in [1.82, 2.24) is 14.6 Å². The highest BCUT2D eigenvalue weighted by atomic mass is 32.1. The molecule has 0 saturated carbocycles. The van der Waals surface area contributed by atoms with Crippen LogP contribution in [0.5, 0.6) is 0 Å². The number of nitrogens with two attached hydrogens (primary N) is 1. The van der Waals surface area contributed by atoms with Crippen molar-refractivity contribution in [3.63, 3.8) is 0 Å². The summed E-state index contributed by atoms with van der Waals surface area (Å²) in [4.78, 5) is 18.7. The molecule has 1 atom stereocenters. The Morgan fingerprint density at radius 2 is 2.44 bits per heavy atom. The van der Waals surface area contributed by atoms with Crippen LogP contribution in [0.15, 0.2) is 6.20 Å². The van der Waals surface area contributed by atoms with Crippen molar-refractivity contribution >= 4 is 27.3 Å². The molecule has 0 spiro atoms. The third-order valence-electron chi connectivity index (χ3n) is 3.25. The van der Waals surface area contributed by atoms with E-state index in [1.54, 1.807) is 15.9 Å². The normalized spacial score (nSPS) is 20.5. The molecule has 18 heavy (non-hydrogen) atoms. The third kappa shape index (κ3) is 1.94. The van der Waals surface area contributed by atoms with Crippen molar-refractivity contribution in [3.8, 4) is 0 Å². The lowest BCUT2D eigenvalue weighted by Crippen LogP contribution is -2.41. The lowest BCUT2D eigenvalue weighted by atomic mass is 9.98. The average molecular weight is 265 g/mol. The summed E-state index contributed by atoms with van der Waals surface area (Å²) in [5.41, 5.74) is 6.35. The van der Waals surface area contributed by atoms with E-state index in [1.807, 2.05) is 13.1 Å². The molecule has 0 radical (unpaired) electrons. The number of anilines is 1. The number of hydrogen-bond acceptors (Lipinski definition) is 5. The van der Waals surface area contributed by atoms with Crippen molar-refractivity contribution in [2.45, 2.75) is 19.8 Å². The van der Waals surface area contributed by atoms with E-state index in [0.29, 0.717) is 6.54 Å². The molecule has 0 aliphatic carbocycles. The second-order valence-electron chi connectivity index (χ2n) is 4.68. The Bertz CT molecular complexity index is 558. The van der Waals surface area contributed by atoms with Gasteiger partial charge in [0.2, 0.25) is 16.0 Å². The van der Waals surface area contributed by atoms with E-state index >= 15 is 0 Å². The van der Waals surface area contributed by atoms with Crippen molar-refractivity contribution in [3.05, 3.63) is 11.9 Å². The van der Waals surface area contributed by atoms with Crippen LogP contribution >= 0.6 is 11.3 Å². The fourth-order valence-corrected chi connectivity index (χ4v) is 3.27. The molecule has 2 N–H and O–H groups in total. The molecule has 7 heteroatoms. The number of piperidine rings is 1. The van der Waals surface area contributed by atoms with E-state index in [4.69, 9.17) is 5.73 Å². The van der Waals surface area contributed by atoms with Crippen molar-refractivity contribution in [1.29, 1.82) is 0 Å². The van der Waals surface area contributed by atoms with Gasteiger partial charge in [0.1, 0.15) is 0 Å². The average Bonchev–Trinajstić information content (AvgIpc) is 2.86. The first-order chi connectivity index (χ1) is 8.63. The highest BCUT2D eigenvalue weighted by Gasteiger charge is 2.26. The van der Waals surface area contributed by atoms with E-state index in [1.165, 1.54) is 0 Å². The number of fused-ring (bicyclic) bond motifs is 1. The van der Waals surface area contributed by atoms with E-state index in [0.717, 1.165) is 35.2 Å². The highest BCUT2D eigenvalue weighted by Crippen LogP contribution is 2.27. The second kappa shape index (κ2) is 4.24. The molecule has 1 aliphatic heterocycles. The molecule has 2 aromatic heterocycles. The van der Waals surface area contributed by atoms with Gasteiger partial charge in [-0.1, -0.05) is 11.3 Å². The largest absolute Gasteiger partial charge is 0.369 e.